The molecule has 6 nitrogen and oxygen atoms in total. The first-order chi connectivity index (χ1) is 16.4. The number of anilines is 1. The number of nitriles is 1. The predicted octanol–water partition coefficient (Wildman–Crippen LogP) is 5.63. The molecule has 0 saturated heterocycles. The number of likely N-dealkylation sites (N-methyl/N-ethyl adjacent to an activating group) is 1. The molecule has 1 N–H and O–H groups in total. The Morgan fingerprint density at radius 2 is 1.97 bits per heavy atom. The van der Waals surface area contributed by atoms with Gasteiger partial charge in [-0.3, -0.25) is 9.59 Å². The average molecular weight is 490 g/mol. The van der Waals surface area contributed by atoms with Crippen molar-refractivity contribution in [3.05, 3.63) is 40.5 Å². The van der Waals surface area contributed by atoms with Crippen LogP contribution < -0.4 is 10.2 Å². The molecule has 8 heteroatoms. The van der Waals surface area contributed by atoms with Gasteiger partial charge in [-0.25, -0.2) is 4.39 Å². The van der Waals surface area contributed by atoms with Crippen LogP contribution in [0.1, 0.15) is 56.4 Å². The van der Waals surface area contributed by atoms with Crippen LogP contribution in [0.25, 0.3) is 10.4 Å². The largest absolute Gasteiger partial charge is 0.381 e. The fourth-order valence-electron chi connectivity index (χ4n) is 3.16. The lowest BCUT2D eigenvalue weighted by Crippen LogP contribution is -2.20. The number of unbranched alkanes of at least 4 members (excludes halogenated alkanes) is 3. The Kier molecular flexibility index (Phi) is 14.5. The topological polar surface area (TPSA) is 82.4 Å². The zero-order valence-electron chi connectivity index (χ0n) is 20.7. The van der Waals surface area contributed by atoms with Crippen LogP contribution in [0.15, 0.2) is 24.3 Å². The number of hydrogen-bond acceptors (Lipinski definition) is 5. The minimum atomic E-state index is -0.167. The molecule has 186 valence electrons. The van der Waals surface area contributed by atoms with Gasteiger partial charge >= 0.3 is 0 Å². The highest BCUT2D eigenvalue weighted by atomic mass is 32.1. The van der Waals surface area contributed by atoms with Gasteiger partial charge in [-0.1, -0.05) is 45.2 Å². The van der Waals surface area contributed by atoms with Crippen molar-refractivity contribution in [2.45, 2.75) is 59.3 Å². The molecule has 2 aromatic rings. The van der Waals surface area contributed by atoms with Crippen molar-refractivity contribution in [2.24, 2.45) is 0 Å². The van der Waals surface area contributed by atoms with Gasteiger partial charge in [0.1, 0.15) is 12.4 Å². The Balaban J connectivity index is 0.000000307. The van der Waals surface area contributed by atoms with E-state index in [0.29, 0.717) is 17.7 Å². The van der Waals surface area contributed by atoms with Crippen LogP contribution in [-0.4, -0.2) is 39.1 Å². The van der Waals surface area contributed by atoms with E-state index in [1.807, 2.05) is 18.2 Å². The van der Waals surface area contributed by atoms with Gasteiger partial charge in [-0.2, -0.15) is 5.26 Å². The molecular weight excluding hydrogens is 453 g/mol. The van der Waals surface area contributed by atoms with E-state index in [1.165, 1.54) is 37.0 Å². The number of aryl methyl sites for hydroxylation is 1. The number of nitrogens with one attached hydrogen (secondary N) is 1. The molecule has 0 bridgehead atoms. The fraction of sp³-hybridized carbons (Fsp3) is 0.500. The Labute approximate surface area is 206 Å². The summed E-state index contributed by atoms with van der Waals surface area (Å²) < 4.78 is 18.7. The first-order valence-electron chi connectivity index (χ1n) is 11.7. The van der Waals surface area contributed by atoms with Crippen LogP contribution in [0.5, 0.6) is 0 Å². The third kappa shape index (κ3) is 10.0. The first kappa shape index (κ1) is 29.3. The Morgan fingerprint density at radius 3 is 2.53 bits per heavy atom. The van der Waals surface area contributed by atoms with Crippen LogP contribution in [0, 0.1) is 24.1 Å². The molecule has 1 aliphatic rings. The van der Waals surface area contributed by atoms with E-state index in [-0.39, 0.29) is 18.3 Å². The molecule has 2 amide bonds. The molecule has 1 aromatic carbocycles. The first-order valence-corrected chi connectivity index (χ1v) is 12.5. The number of ether oxygens (including phenoxy) is 1. The number of nitrogens with zero attached hydrogens (tertiary/aromatic N) is 2. The van der Waals surface area contributed by atoms with Crippen LogP contribution in [-0.2, 0) is 20.7 Å². The predicted molar refractivity (Wildman–Crippen MR) is 136 cm³/mol. The summed E-state index contributed by atoms with van der Waals surface area (Å²) in [5.41, 5.74) is 2.94. The zero-order valence-corrected chi connectivity index (χ0v) is 21.5. The Bertz CT molecular complexity index is 912. The lowest BCUT2D eigenvalue weighted by molar-refractivity contribution is -0.117. The van der Waals surface area contributed by atoms with Gasteiger partial charge in [0, 0.05) is 35.7 Å². The lowest BCUT2D eigenvalue weighted by Gasteiger charge is -2.10. The number of carbonyl (C=O) groups excluding carboxylic acids is 2. The van der Waals surface area contributed by atoms with E-state index in [4.69, 9.17) is 10.00 Å². The number of thiophene rings is 1. The number of amides is 2. The summed E-state index contributed by atoms with van der Waals surface area (Å²) in [7, 11) is 1.78. The maximum absolute atomic E-state index is 13.4. The highest BCUT2D eigenvalue weighted by molar-refractivity contribution is 7.15. The standard InChI is InChI=1S/C14H12FNOS.C9H20O.C3H4N2O/c1-8-11(15)7-13(18-8)10-4-3-9-6-14(17)16(2)12(9)5-10;1-3-5-6-7-9-10-8-4-2;4-1-2-5-3-6/h3-5,7H,6H2,1-2H3;3-9H2,1-2H3;3H,2H2,(H,5,6). The van der Waals surface area contributed by atoms with Crippen LogP contribution in [0.2, 0.25) is 0 Å². The summed E-state index contributed by atoms with van der Waals surface area (Å²) in [5.74, 6) is -0.0596. The maximum Gasteiger partial charge on any atom is 0.231 e. The van der Waals surface area contributed by atoms with Crippen molar-refractivity contribution in [3.8, 4) is 16.5 Å². The van der Waals surface area contributed by atoms with Gasteiger partial charge < -0.3 is 15.0 Å². The number of carbonyl (C=O) groups is 2. The molecule has 0 atom stereocenters. The summed E-state index contributed by atoms with van der Waals surface area (Å²) in [6.45, 7) is 8.15. The summed E-state index contributed by atoms with van der Waals surface area (Å²) in [4.78, 5) is 24.2. The Hall–Kier alpha value is -2.76. The third-order valence-corrected chi connectivity index (χ3v) is 6.13. The van der Waals surface area contributed by atoms with Crippen LogP contribution >= 0.6 is 11.3 Å². The van der Waals surface area contributed by atoms with E-state index in [9.17, 15) is 14.0 Å². The summed E-state index contributed by atoms with van der Waals surface area (Å²) in [6, 6.07) is 9.16. The smallest absolute Gasteiger partial charge is 0.231 e. The summed E-state index contributed by atoms with van der Waals surface area (Å²) >= 11 is 1.44. The third-order valence-electron chi connectivity index (χ3n) is 5.06. The van der Waals surface area contributed by atoms with Crippen LogP contribution in [0.4, 0.5) is 10.1 Å². The van der Waals surface area contributed by atoms with Crippen molar-refractivity contribution in [3.63, 3.8) is 0 Å². The monoisotopic (exact) mass is 489 g/mol. The molecular formula is C26H36FN3O3S. The highest BCUT2D eigenvalue weighted by Crippen LogP contribution is 2.36. The average Bonchev–Trinajstić information content (AvgIpc) is 3.32. The molecule has 2 heterocycles. The quantitative estimate of drug-likeness (QED) is 0.266. The summed E-state index contributed by atoms with van der Waals surface area (Å²) in [6.07, 6.45) is 7.35. The van der Waals surface area contributed by atoms with Crippen molar-refractivity contribution < 1.29 is 18.7 Å². The molecule has 0 unspecified atom stereocenters. The maximum atomic E-state index is 13.4. The molecule has 34 heavy (non-hydrogen) atoms. The van der Waals surface area contributed by atoms with Gasteiger partial charge in [0.2, 0.25) is 12.3 Å². The van der Waals surface area contributed by atoms with E-state index in [1.54, 1.807) is 31.0 Å². The Morgan fingerprint density at radius 1 is 1.21 bits per heavy atom. The second kappa shape index (κ2) is 16.8. The molecule has 0 aliphatic carbocycles. The van der Waals surface area contributed by atoms with Crippen molar-refractivity contribution >= 4 is 29.3 Å². The molecule has 1 aliphatic heterocycles. The van der Waals surface area contributed by atoms with Gasteiger partial charge in [0.15, 0.2) is 0 Å². The molecule has 3 rings (SSSR count). The number of fused-ring (bicyclic) bond motifs is 1. The van der Waals surface area contributed by atoms with Crippen molar-refractivity contribution in [1.29, 1.82) is 5.26 Å². The fourth-order valence-corrected chi connectivity index (χ4v) is 4.05. The van der Waals surface area contributed by atoms with Gasteiger partial charge in [0.25, 0.3) is 0 Å². The molecule has 0 spiro atoms. The molecule has 0 fully saturated rings. The highest BCUT2D eigenvalue weighted by Gasteiger charge is 2.24. The lowest BCUT2D eigenvalue weighted by atomic mass is 10.1. The number of hydrogen-bond donors (Lipinski definition) is 1. The summed E-state index contributed by atoms with van der Waals surface area (Å²) in [5, 5.41) is 9.88. The van der Waals surface area contributed by atoms with E-state index < -0.39 is 0 Å². The zero-order chi connectivity index (χ0) is 25.3. The van der Waals surface area contributed by atoms with Crippen molar-refractivity contribution in [1.82, 2.24) is 5.32 Å². The van der Waals surface area contributed by atoms with Crippen molar-refractivity contribution in [2.75, 3.05) is 31.7 Å². The van der Waals surface area contributed by atoms with Crippen LogP contribution in [0.3, 0.4) is 0 Å². The van der Waals surface area contributed by atoms with Gasteiger partial charge in [-0.05, 0) is 43.0 Å². The minimum absolute atomic E-state index is 0.101. The van der Waals surface area contributed by atoms with Gasteiger partial charge in [0.05, 0.1) is 12.5 Å². The number of rotatable bonds is 10. The van der Waals surface area contributed by atoms with E-state index in [2.05, 4.69) is 19.2 Å². The number of halogens is 1. The normalized spacial score (nSPS) is 11.5. The van der Waals surface area contributed by atoms with E-state index in [0.717, 1.165) is 41.3 Å². The number of benzene rings is 1. The molecule has 0 radical (unpaired) electrons. The second-order valence-corrected chi connectivity index (χ2v) is 9.07. The molecule has 1 aromatic heterocycles. The minimum Gasteiger partial charge on any atom is -0.381 e. The second-order valence-electron chi connectivity index (χ2n) is 7.82. The van der Waals surface area contributed by atoms with Gasteiger partial charge in [-0.15, -0.1) is 11.3 Å². The SMILES string of the molecule is CCCCCCOCCC.Cc1sc(-c2ccc3c(c2)N(C)C(=O)C3)cc1F.N#CCNC=O. The molecule has 0 saturated carbocycles. The van der Waals surface area contributed by atoms with E-state index >= 15 is 0 Å².